The minimum atomic E-state index is 0.221. The van der Waals surface area contributed by atoms with Crippen LogP contribution in [-0.4, -0.2) is 0 Å². The summed E-state index contributed by atoms with van der Waals surface area (Å²) in [5.74, 6) is 0.451. The molecule has 2 unspecified atom stereocenters. The number of benzene rings is 8. The first-order valence-electron chi connectivity index (χ1n) is 17.2. The number of thiophene rings is 1. The normalized spacial score (nSPS) is 17.1. The van der Waals surface area contributed by atoms with Crippen molar-refractivity contribution >= 4 is 80.2 Å². The van der Waals surface area contributed by atoms with E-state index in [2.05, 4.69) is 170 Å². The Morgan fingerprint density at radius 3 is 2.06 bits per heavy atom. The molecule has 9 aromatic rings. The van der Waals surface area contributed by atoms with Gasteiger partial charge < -0.3 is 0 Å². The molecule has 0 radical (unpaired) electrons. The lowest BCUT2D eigenvalue weighted by Gasteiger charge is -2.37. The van der Waals surface area contributed by atoms with E-state index in [1.54, 1.807) is 0 Å². The fourth-order valence-electron chi connectivity index (χ4n) is 8.93. The summed E-state index contributed by atoms with van der Waals surface area (Å²) in [5.41, 5.74) is 8.20. The standard InChI is InChI=1S/C48H30S/c1-3-13-33-29(11-1)21-22-31-27-43(35-15-5-6-16-37(35)45(31)33)47-40-19-9-7-17-38(40)46(39-18-8-10-20-41(39)47)32-24-25-36-42-26-23-30-12-2-4-14-34(30)48(42)49-44(36)28-32/h1-28,38,46H. The first-order chi connectivity index (χ1) is 24.3. The molecule has 0 aliphatic heterocycles. The smallest absolute Gasteiger partial charge is 0.0433 e. The highest BCUT2D eigenvalue weighted by Crippen LogP contribution is 2.52. The molecule has 2 aliphatic carbocycles. The monoisotopic (exact) mass is 638 g/mol. The molecule has 1 heterocycles. The molecule has 0 amide bonds. The molecule has 2 aliphatic rings. The van der Waals surface area contributed by atoms with E-state index in [-0.39, 0.29) is 11.8 Å². The van der Waals surface area contributed by atoms with Crippen LogP contribution in [0.4, 0.5) is 0 Å². The third kappa shape index (κ3) is 3.91. The van der Waals surface area contributed by atoms with Gasteiger partial charge in [0.2, 0.25) is 0 Å². The number of hydrogen-bond acceptors (Lipinski definition) is 1. The van der Waals surface area contributed by atoms with Crippen molar-refractivity contribution in [2.75, 3.05) is 0 Å². The van der Waals surface area contributed by atoms with Crippen LogP contribution < -0.4 is 0 Å². The first-order valence-corrected chi connectivity index (χ1v) is 18.0. The van der Waals surface area contributed by atoms with Gasteiger partial charge in [-0.25, -0.2) is 0 Å². The fourth-order valence-corrected chi connectivity index (χ4v) is 10.2. The van der Waals surface area contributed by atoms with E-state index in [1.165, 1.54) is 96.7 Å². The second-order valence-electron chi connectivity index (χ2n) is 13.5. The summed E-state index contributed by atoms with van der Waals surface area (Å²) < 4.78 is 2.74. The van der Waals surface area contributed by atoms with Crippen LogP contribution in [-0.2, 0) is 0 Å². The zero-order valence-corrected chi connectivity index (χ0v) is 27.5. The molecule has 228 valence electrons. The van der Waals surface area contributed by atoms with Gasteiger partial charge in [-0.3, -0.25) is 0 Å². The maximum atomic E-state index is 2.49. The van der Waals surface area contributed by atoms with Gasteiger partial charge in [-0.1, -0.05) is 158 Å². The molecule has 0 saturated heterocycles. The van der Waals surface area contributed by atoms with Crippen LogP contribution >= 0.6 is 11.3 Å². The molecule has 0 bridgehead atoms. The van der Waals surface area contributed by atoms with Gasteiger partial charge in [0, 0.05) is 32.0 Å². The van der Waals surface area contributed by atoms with Crippen molar-refractivity contribution in [3.8, 4) is 0 Å². The molecule has 11 rings (SSSR count). The molecular weight excluding hydrogens is 609 g/mol. The van der Waals surface area contributed by atoms with Crippen molar-refractivity contribution in [2.24, 2.45) is 5.92 Å². The molecule has 8 aromatic carbocycles. The first kappa shape index (κ1) is 27.2. The molecule has 2 atom stereocenters. The van der Waals surface area contributed by atoms with Crippen LogP contribution in [0.25, 0.3) is 68.8 Å². The predicted octanol–water partition coefficient (Wildman–Crippen LogP) is 13.4. The van der Waals surface area contributed by atoms with E-state index < -0.39 is 0 Å². The van der Waals surface area contributed by atoms with Crippen molar-refractivity contribution in [2.45, 2.75) is 5.92 Å². The Labute approximate surface area is 288 Å². The highest BCUT2D eigenvalue weighted by Gasteiger charge is 2.36. The topological polar surface area (TPSA) is 0 Å². The average Bonchev–Trinajstić information content (AvgIpc) is 3.55. The van der Waals surface area contributed by atoms with Gasteiger partial charge in [-0.2, -0.15) is 0 Å². The van der Waals surface area contributed by atoms with Gasteiger partial charge >= 0.3 is 0 Å². The van der Waals surface area contributed by atoms with Crippen molar-refractivity contribution in [1.29, 1.82) is 0 Å². The van der Waals surface area contributed by atoms with Crippen LogP contribution in [0.3, 0.4) is 0 Å². The van der Waals surface area contributed by atoms with Gasteiger partial charge in [0.25, 0.3) is 0 Å². The van der Waals surface area contributed by atoms with E-state index in [4.69, 9.17) is 0 Å². The Hall–Kier alpha value is -5.76. The summed E-state index contributed by atoms with van der Waals surface area (Å²) in [5, 5.41) is 13.2. The Kier molecular flexibility index (Phi) is 5.76. The second kappa shape index (κ2) is 10.4. The molecule has 1 heteroatoms. The van der Waals surface area contributed by atoms with Crippen LogP contribution in [0, 0.1) is 5.92 Å². The van der Waals surface area contributed by atoms with Crippen molar-refractivity contribution < 1.29 is 0 Å². The second-order valence-corrected chi connectivity index (χ2v) is 14.6. The third-order valence-electron chi connectivity index (χ3n) is 11.0. The Morgan fingerprint density at radius 1 is 0.469 bits per heavy atom. The quantitative estimate of drug-likeness (QED) is 0.165. The van der Waals surface area contributed by atoms with Crippen molar-refractivity contribution in [3.05, 3.63) is 198 Å². The van der Waals surface area contributed by atoms with Gasteiger partial charge in [0.1, 0.15) is 0 Å². The largest absolute Gasteiger partial charge is 0.135 e. The molecule has 0 nitrogen and oxygen atoms in total. The SMILES string of the molecule is C1=CC2=C(c3cc4ccc5ccccc5c4c4ccccc34)c3ccccc3C(c3ccc4c(c3)sc3c5ccccc5ccc43)C2C=C1. The van der Waals surface area contributed by atoms with Crippen LogP contribution in [0.15, 0.2) is 175 Å². The molecule has 0 saturated carbocycles. The summed E-state index contributed by atoms with van der Waals surface area (Å²) in [4.78, 5) is 0. The maximum Gasteiger partial charge on any atom is 0.0433 e. The van der Waals surface area contributed by atoms with Crippen molar-refractivity contribution in [1.82, 2.24) is 0 Å². The number of hydrogen-bond donors (Lipinski definition) is 0. The molecule has 49 heavy (non-hydrogen) atoms. The molecule has 1 aromatic heterocycles. The zero-order valence-electron chi connectivity index (χ0n) is 26.7. The summed E-state index contributed by atoms with van der Waals surface area (Å²) in [6.45, 7) is 0. The number of rotatable bonds is 2. The van der Waals surface area contributed by atoms with Gasteiger partial charge in [0.05, 0.1) is 0 Å². The minimum Gasteiger partial charge on any atom is -0.135 e. The van der Waals surface area contributed by atoms with Crippen LogP contribution in [0.5, 0.6) is 0 Å². The zero-order chi connectivity index (χ0) is 32.1. The average molecular weight is 639 g/mol. The van der Waals surface area contributed by atoms with Crippen molar-refractivity contribution in [3.63, 3.8) is 0 Å². The highest BCUT2D eigenvalue weighted by atomic mass is 32.1. The summed E-state index contributed by atoms with van der Waals surface area (Å²) >= 11 is 1.94. The minimum absolute atomic E-state index is 0.221. The molecule has 0 spiro atoms. The Balaban J connectivity index is 1.16. The maximum absolute atomic E-state index is 2.49. The molecule has 0 fully saturated rings. The predicted molar refractivity (Wildman–Crippen MR) is 212 cm³/mol. The van der Waals surface area contributed by atoms with E-state index in [1.807, 2.05) is 11.3 Å². The Bertz CT molecular complexity index is 2950. The van der Waals surface area contributed by atoms with Crippen LogP contribution in [0.1, 0.15) is 28.2 Å². The lowest BCUT2D eigenvalue weighted by Crippen LogP contribution is -2.22. The van der Waals surface area contributed by atoms with Gasteiger partial charge in [-0.05, 0) is 88.6 Å². The Morgan fingerprint density at radius 2 is 1.16 bits per heavy atom. The van der Waals surface area contributed by atoms with Gasteiger partial charge in [-0.15, -0.1) is 11.3 Å². The summed E-state index contributed by atoms with van der Waals surface area (Å²) in [6, 6.07) is 54.7. The lowest BCUT2D eigenvalue weighted by atomic mass is 9.66. The van der Waals surface area contributed by atoms with E-state index in [0.29, 0.717) is 0 Å². The highest BCUT2D eigenvalue weighted by molar-refractivity contribution is 7.26. The van der Waals surface area contributed by atoms with E-state index in [9.17, 15) is 0 Å². The van der Waals surface area contributed by atoms with E-state index in [0.717, 1.165) is 0 Å². The third-order valence-corrected chi connectivity index (χ3v) is 12.2. The number of fused-ring (bicyclic) bond motifs is 12. The van der Waals surface area contributed by atoms with Gasteiger partial charge in [0.15, 0.2) is 0 Å². The fraction of sp³-hybridized carbons (Fsp3) is 0.0417. The summed E-state index contributed by atoms with van der Waals surface area (Å²) in [6.07, 6.45) is 9.30. The lowest BCUT2D eigenvalue weighted by molar-refractivity contribution is 0.650. The molecule has 0 N–H and O–H groups in total. The van der Waals surface area contributed by atoms with E-state index >= 15 is 0 Å². The molecular formula is C48H30S. The summed E-state index contributed by atoms with van der Waals surface area (Å²) in [7, 11) is 0. The number of allylic oxidation sites excluding steroid dienone is 5. The van der Waals surface area contributed by atoms with Crippen LogP contribution in [0.2, 0.25) is 0 Å².